The second-order valence-electron chi connectivity index (χ2n) is 10.1. The standard InChI is InChI=1S/C27H33NOS/c1-19(27-15-20-12-21(16-27)14-22(13-20)17-27)28-25(29)18-30-26(23-8-4-2-5-9-23)24-10-6-3-7-11-24/h2-11,19-22,26H,12-18H2,1H3,(H,28,29)/t19-,20?,21?,22?,27?/m1/s1. The van der Waals surface area contributed by atoms with Crippen molar-refractivity contribution >= 4 is 17.7 Å². The Labute approximate surface area is 185 Å². The highest BCUT2D eigenvalue weighted by atomic mass is 32.2. The van der Waals surface area contributed by atoms with Crippen molar-refractivity contribution in [2.75, 3.05) is 5.75 Å². The quantitative estimate of drug-likeness (QED) is 0.576. The summed E-state index contributed by atoms with van der Waals surface area (Å²) in [6, 6.07) is 21.4. The molecule has 1 N–H and O–H groups in total. The van der Waals surface area contributed by atoms with Gasteiger partial charge in [-0.25, -0.2) is 0 Å². The summed E-state index contributed by atoms with van der Waals surface area (Å²) in [5.41, 5.74) is 2.89. The Bertz CT molecular complexity index is 790. The van der Waals surface area contributed by atoms with E-state index in [4.69, 9.17) is 0 Å². The Morgan fingerprint density at radius 2 is 1.37 bits per heavy atom. The first-order valence-electron chi connectivity index (χ1n) is 11.6. The molecule has 1 amide bonds. The highest BCUT2D eigenvalue weighted by molar-refractivity contribution is 8.00. The van der Waals surface area contributed by atoms with Gasteiger partial charge in [-0.1, -0.05) is 60.7 Å². The Morgan fingerprint density at radius 3 is 1.83 bits per heavy atom. The van der Waals surface area contributed by atoms with Gasteiger partial charge in [-0.15, -0.1) is 11.8 Å². The molecule has 6 rings (SSSR count). The van der Waals surface area contributed by atoms with Crippen LogP contribution in [0, 0.1) is 23.2 Å². The van der Waals surface area contributed by atoms with Gasteiger partial charge >= 0.3 is 0 Å². The largest absolute Gasteiger partial charge is 0.352 e. The summed E-state index contributed by atoms with van der Waals surface area (Å²) < 4.78 is 0. The first kappa shape index (κ1) is 20.2. The van der Waals surface area contributed by atoms with Crippen LogP contribution in [-0.2, 0) is 4.79 Å². The lowest BCUT2D eigenvalue weighted by atomic mass is 9.48. The van der Waals surface area contributed by atoms with Crippen LogP contribution >= 0.6 is 11.8 Å². The van der Waals surface area contributed by atoms with Gasteiger partial charge < -0.3 is 5.32 Å². The van der Waals surface area contributed by atoms with Crippen molar-refractivity contribution < 1.29 is 4.79 Å². The molecular weight excluding hydrogens is 386 g/mol. The molecule has 4 fully saturated rings. The maximum atomic E-state index is 13.0. The van der Waals surface area contributed by atoms with E-state index in [0.29, 0.717) is 17.2 Å². The topological polar surface area (TPSA) is 29.1 Å². The lowest BCUT2D eigenvalue weighted by molar-refractivity contribution is -0.123. The first-order valence-corrected chi connectivity index (χ1v) is 12.7. The summed E-state index contributed by atoms with van der Waals surface area (Å²) in [5.74, 6) is 3.46. The monoisotopic (exact) mass is 419 g/mol. The summed E-state index contributed by atoms with van der Waals surface area (Å²) in [5, 5.41) is 3.62. The van der Waals surface area contributed by atoms with Crippen LogP contribution in [0.15, 0.2) is 60.7 Å². The molecule has 2 nitrogen and oxygen atoms in total. The number of nitrogens with one attached hydrogen (secondary N) is 1. The highest BCUT2D eigenvalue weighted by Crippen LogP contribution is 2.61. The predicted molar refractivity (Wildman–Crippen MR) is 125 cm³/mol. The van der Waals surface area contributed by atoms with Crippen molar-refractivity contribution in [3.8, 4) is 0 Å². The number of amides is 1. The van der Waals surface area contributed by atoms with Crippen molar-refractivity contribution in [2.45, 2.75) is 56.7 Å². The molecule has 1 atom stereocenters. The minimum Gasteiger partial charge on any atom is -0.352 e. The van der Waals surface area contributed by atoms with Gasteiger partial charge in [0.15, 0.2) is 0 Å². The average molecular weight is 420 g/mol. The molecule has 0 aromatic heterocycles. The van der Waals surface area contributed by atoms with Crippen molar-refractivity contribution in [3.05, 3.63) is 71.8 Å². The van der Waals surface area contributed by atoms with Gasteiger partial charge in [0.2, 0.25) is 5.91 Å². The smallest absolute Gasteiger partial charge is 0.230 e. The van der Waals surface area contributed by atoms with Crippen LogP contribution in [0.4, 0.5) is 0 Å². The lowest BCUT2D eigenvalue weighted by Gasteiger charge is -2.59. The molecule has 30 heavy (non-hydrogen) atoms. The molecule has 158 valence electrons. The van der Waals surface area contributed by atoms with E-state index in [2.05, 4.69) is 72.9 Å². The molecule has 0 aliphatic heterocycles. The van der Waals surface area contributed by atoms with Crippen LogP contribution in [-0.4, -0.2) is 17.7 Å². The molecule has 4 aliphatic carbocycles. The Kier molecular flexibility index (Phi) is 5.66. The molecule has 2 aromatic carbocycles. The molecule has 0 spiro atoms. The highest BCUT2D eigenvalue weighted by Gasteiger charge is 2.53. The second-order valence-corrected chi connectivity index (χ2v) is 11.2. The molecular formula is C27H33NOS. The van der Waals surface area contributed by atoms with Crippen molar-refractivity contribution in [2.24, 2.45) is 23.2 Å². The number of hydrogen-bond donors (Lipinski definition) is 1. The van der Waals surface area contributed by atoms with E-state index in [1.165, 1.54) is 49.7 Å². The SMILES string of the molecule is C[C@@H](NC(=O)CSC(c1ccccc1)c1ccccc1)C12CC3CC(CC(C3)C1)C2. The van der Waals surface area contributed by atoms with Crippen molar-refractivity contribution in [3.63, 3.8) is 0 Å². The fraction of sp³-hybridized carbons (Fsp3) is 0.519. The zero-order valence-electron chi connectivity index (χ0n) is 17.9. The third kappa shape index (κ3) is 4.06. The zero-order chi connectivity index (χ0) is 20.6. The van der Waals surface area contributed by atoms with E-state index in [9.17, 15) is 4.79 Å². The van der Waals surface area contributed by atoms with Gasteiger partial charge in [-0.3, -0.25) is 4.79 Å². The lowest BCUT2D eigenvalue weighted by Crippen LogP contribution is -2.56. The minimum absolute atomic E-state index is 0.188. The van der Waals surface area contributed by atoms with Gasteiger partial charge in [0.25, 0.3) is 0 Å². The number of carbonyl (C=O) groups excluding carboxylic acids is 1. The molecule has 0 radical (unpaired) electrons. The predicted octanol–water partition coefficient (Wildman–Crippen LogP) is 6.23. The van der Waals surface area contributed by atoms with E-state index < -0.39 is 0 Å². The summed E-state index contributed by atoms with van der Waals surface area (Å²) in [6.07, 6.45) is 8.36. The molecule has 0 saturated heterocycles. The van der Waals surface area contributed by atoms with E-state index in [-0.39, 0.29) is 11.2 Å². The van der Waals surface area contributed by atoms with Crippen LogP contribution in [0.25, 0.3) is 0 Å². The molecule has 2 aromatic rings. The molecule has 0 unspecified atom stereocenters. The molecule has 0 heterocycles. The van der Waals surface area contributed by atoms with Crippen LogP contribution in [0.5, 0.6) is 0 Å². The number of hydrogen-bond acceptors (Lipinski definition) is 2. The van der Waals surface area contributed by atoms with Gasteiger partial charge in [0, 0.05) is 6.04 Å². The Balaban J connectivity index is 1.24. The van der Waals surface area contributed by atoms with Gasteiger partial charge in [0.1, 0.15) is 0 Å². The van der Waals surface area contributed by atoms with E-state index in [1.807, 2.05) is 0 Å². The van der Waals surface area contributed by atoms with Crippen LogP contribution in [0.1, 0.15) is 61.8 Å². The van der Waals surface area contributed by atoms with Crippen molar-refractivity contribution in [1.29, 1.82) is 0 Å². The third-order valence-electron chi connectivity index (χ3n) is 7.97. The maximum absolute atomic E-state index is 13.0. The van der Waals surface area contributed by atoms with Gasteiger partial charge in [-0.2, -0.15) is 0 Å². The molecule has 4 bridgehead atoms. The zero-order valence-corrected chi connectivity index (χ0v) is 18.7. The summed E-state index contributed by atoms with van der Waals surface area (Å²) in [7, 11) is 0. The minimum atomic E-state index is 0.188. The van der Waals surface area contributed by atoms with E-state index >= 15 is 0 Å². The molecule has 3 heteroatoms. The number of rotatable bonds is 7. The van der Waals surface area contributed by atoms with Crippen molar-refractivity contribution in [1.82, 2.24) is 5.32 Å². The average Bonchev–Trinajstić information content (AvgIpc) is 2.74. The van der Waals surface area contributed by atoms with E-state index in [1.54, 1.807) is 11.8 Å². The fourth-order valence-electron chi connectivity index (χ4n) is 6.94. The second kappa shape index (κ2) is 8.42. The molecule has 4 aliphatic rings. The van der Waals surface area contributed by atoms with Gasteiger partial charge in [0.05, 0.1) is 11.0 Å². The maximum Gasteiger partial charge on any atom is 0.230 e. The molecule has 4 saturated carbocycles. The first-order chi connectivity index (χ1) is 14.6. The van der Waals surface area contributed by atoms with Crippen LogP contribution in [0.3, 0.4) is 0 Å². The summed E-state index contributed by atoms with van der Waals surface area (Å²) in [6.45, 7) is 2.28. The Hall–Kier alpha value is -1.74. The third-order valence-corrected chi connectivity index (χ3v) is 9.27. The fourth-order valence-corrected chi connectivity index (χ4v) is 8.04. The number of thioether (sulfide) groups is 1. The number of benzene rings is 2. The number of carbonyl (C=O) groups is 1. The summed E-state index contributed by atoms with van der Waals surface area (Å²) >= 11 is 1.74. The summed E-state index contributed by atoms with van der Waals surface area (Å²) in [4.78, 5) is 13.0. The van der Waals surface area contributed by atoms with E-state index in [0.717, 1.165) is 17.8 Å². The Morgan fingerprint density at radius 1 is 0.900 bits per heavy atom. The van der Waals surface area contributed by atoms with Crippen LogP contribution in [0.2, 0.25) is 0 Å². The van der Waals surface area contributed by atoms with Gasteiger partial charge in [-0.05, 0) is 79.7 Å². The normalized spacial score (nSPS) is 30.4. The van der Waals surface area contributed by atoms with Crippen LogP contribution < -0.4 is 5.32 Å².